The molecule has 0 spiro atoms. The Morgan fingerprint density at radius 2 is 2.08 bits per heavy atom. The number of imide groups is 1. The molecule has 0 bridgehead atoms. The van der Waals surface area contributed by atoms with Crippen molar-refractivity contribution < 1.29 is 28.9 Å². The lowest BCUT2D eigenvalue weighted by molar-refractivity contribution is -0.140. The topological polar surface area (TPSA) is 85.3 Å². The first-order valence-electron chi connectivity index (χ1n) is 13.3. The van der Waals surface area contributed by atoms with Gasteiger partial charge in [0.25, 0.3) is 0 Å². The molecule has 2 aliphatic heterocycles. The predicted octanol–water partition coefficient (Wildman–Crippen LogP) is 5.80. The Labute approximate surface area is 247 Å². The number of carbonyl (C=O) groups is 2. The number of thiophene rings is 1. The number of aromatic hydroxyl groups is 1. The second-order valence-electron chi connectivity index (χ2n) is 10.3. The fraction of sp³-hybridized carbons (Fsp3) is 0.467. The molecule has 1 aliphatic carbocycles. The van der Waals surface area contributed by atoms with Gasteiger partial charge in [0.1, 0.15) is 0 Å². The average molecular weight is 664 g/mol. The van der Waals surface area contributed by atoms with Gasteiger partial charge in [-0.2, -0.15) is 0 Å². The van der Waals surface area contributed by atoms with Crippen LogP contribution in [0.5, 0.6) is 11.5 Å². The average Bonchev–Trinajstić information content (AvgIpc) is 3.65. The molecule has 0 radical (unpaired) electrons. The largest absolute Gasteiger partial charge is 0.504 e. The highest BCUT2D eigenvalue weighted by Gasteiger charge is 2.56. The number of halogens is 1. The van der Waals surface area contributed by atoms with Gasteiger partial charge in [-0.05, 0) is 88.6 Å². The van der Waals surface area contributed by atoms with E-state index in [4.69, 9.17) is 14.2 Å². The SMILES string of the molecule is CC/C(=C\c1cc(I)c(O)c(OC)c1)CC[C@H]1OC[C@H]2C1=C(COC)C[C@H]1C(=O)N(Cc3cccs3)C(=O)[C@H]12. The summed E-state index contributed by atoms with van der Waals surface area (Å²) in [4.78, 5) is 29.4. The number of phenols is 1. The number of fused-ring (bicyclic) bond motifs is 3. The number of hydrogen-bond acceptors (Lipinski definition) is 7. The molecule has 1 aromatic heterocycles. The minimum absolute atomic E-state index is 0.0633. The highest BCUT2D eigenvalue weighted by molar-refractivity contribution is 14.1. The van der Waals surface area contributed by atoms with Crippen molar-refractivity contribution in [1.29, 1.82) is 0 Å². The van der Waals surface area contributed by atoms with Gasteiger partial charge in [0.15, 0.2) is 11.5 Å². The van der Waals surface area contributed by atoms with E-state index in [1.165, 1.54) is 16.0 Å². The Bertz CT molecular complexity index is 1300. The lowest BCUT2D eigenvalue weighted by Gasteiger charge is -2.31. The van der Waals surface area contributed by atoms with Gasteiger partial charge in [0.2, 0.25) is 11.8 Å². The van der Waals surface area contributed by atoms with Crippen LogP contribution in [0.25, 0.3) is 6.08 Å². The molecule has 7 nitrogen and oxygen atoms in total. The van der Waals surface area contributed by atoms with Crippen molar-refractivity contribution in [3.8, 4) is 11.5 Å². The predicted molar refractivity (Wildman–Crippen MR) is 158 cm³/mol. The van der Waals surface area contributed by atoms with Crippen molar-refractivity contribution in [2.75, 3.05) is 27.4 Å². The van der Waals surface area contributed by atoms with Gasteiger partial charge < -0.3 is 19.3 Å². The van der Waals surface area contributed by atoms with E-state index in [0.29, 0.717) is 31.9 Å². The van der Waals surface area contributed by atoms with Crippen LogP contribution in [-0.4, -0.2) is 55.4 Å². The Hall–Kier alpha value is -2.21. The standard InChI is InChI=1S/C30H34INO6S/c1-4-17(10-18-11-23(31)28(33)25(12-18)37-3)7-8-24-26-19(15-36-2)13-21-27(22(26)16-38-24)30(35)32(29(21)34)14-20-6-5-9-39-20/h5-6,9-12,21-22,24,27,33H,4,7-8,13-16H2,1-3H3/b17-10+/t21-,22+,24-,27-/m1/s1. The van der Waals surface area contributed by atoms with Gasteiger partial charge in [-0.15, -0.1) is 11.3 Å². The third-order valence-electron chi connectivity index (χ3n) is 8.14. The van der Waals surface area contributed by atoms with Crippen LogP contribution in [-0.2, 0) is 25.6 Å². The molecule has 3 heterocycles. The van der Waals surface area contributed by atoms with Crippen LogP contribution in [0, 0.1) is 21.3 Å². The first kappa shape index (κ1) is 28.3. The van der Waals surface area contributed by atoms with Crippen LogP contribution >= 0.6 is 33.9 Å². The first-order chi connectivity index (χ1) is 18.9. The maximum atomic E-state index is 13.6. The summed E-state index contributed by atoms with van der Waals surface area (Å²) in [5.41, 5.74) is 4.54. The highest BCUT2D eigenvalue weighted by atomic mass is 127. The number of carbonyl (C=O) groups excluding carboxylic acids is 2. The number of rotatable bonds is 10. The normalized spacial score (nSPS) is 24.9. The van der Waals surface area contributed by atoms with Crippen LogP contribution in [0.3, 0.4) is 0 Å². The number of amides is 2. The van der Waals surface area contributed by atoms with Crippen molar-refractivity contribution in [3.63, 3.8) is 0 Å². The molecule has 208 valence electrons. The lowest BCUT2D eigenvalue weighted by atomic mass is 9.69. The molecule has 0 saturated carbocycles. The quantitative estimate of drug-likeness (QED) is 0.197. The summed E-state index contributed by atoms with van der Waals surface area (Å²) in [6.45, 7) is 3.39. The maximum Gasteiger partial charge on any atom is 0.234 e. The van der Waals surface area contributed by atoms with E-state index in [1.807, 2.05) is 29.6 Å². The number of phenolic OH excluding ortho intramolecular Hbond substituents is 1. The number of nitrogens with zero attached hydrogens (tertiary/aromatic N) is 1. The molecule has 2 fully saturated rings. The van der Waals surface area contributed by atoms with Gasteiger partial charge >= 0.3 is 0 Å². The summed E-state index contributed by atoms with van der Waals surface area (Å²) < 4.78 is 18.0. The van der Waals surface area contributed by atoms with Crippen molar-refractivity contribution >= 4 is 51.8 Å². The van der Waals surface area contributed by atoms with Crippen molar-refractivity contribution in [2.24, 2.45) is 17.8 Å². The Balaban J connectivity index is 1.35. The molecule has 2 aromatic rings. The second kappa shape index (κ2) is 12.1. The molecule has 2 saturated heterocycles. The molecule has 3 aliphatic rings. The molecular formula is C30H34INO6S. The summed E-state index contributed by atoms with van der Waals surface area (Å²) in [5.74, 6) is -0.291. The van der Waals surface area contributed by atoms with Gasteiger partial charge in [0.05, 0.1) is 48.4 Å². The molecule has 39 heavy (non-hydrogen) atoms. The highest BCUT2D eigenvalue weighted by Crippen LogP contribution is 2.50. The third-order valence-corrected chi connectivity index (χ3v) is 9.82. The molecule has 1 N–H and O–H groups in total. The smallest absolute Gasteiger partial charge is 0.234 e. The number of hydrogen-bond donors (Lipinski definition) is 1. The van der Waals surface area contributed by atoms with Crippen LogP contribution in [0.4, 0.5) is 0 Å². The van der Waals surface area contributed by atoms with E-state index in [0.717, 1.165) is 38.8 Å². The zero-order valence-electron chi connectivity index (χ0n) is 22.4. The first-order valence-corrected chi connectivity index (χ1v) is 15.3. The summed E-state index contributed by atoms with van der Waals surface area (Å²) >= 11 is 3.68. The van der Waals surface area contributed by atoms with Crippen LogP contribution < -0.4 is 4.74 Å². The summed E-state index contributed by atoms with van der Waals surface area (Å²) in [6, 6.07) is 7.71. The Morgan fingerprint density at radius 3 is 2.77 bits per heavy atom. The van der Waals surface area contributed by atoms with Crippen molar-refractivity contribution in [3.05, 3.63) is 60.4 Å². The Morgan fingerprint density at radius 1 is 1.26 bits per heavy atom. The van der Waals surface area contributed by atoms with Gasteiger partial charge in [-0.25, -0.2) is 0 Å². The molecule has 2 amide bonds. The fourth-order valence-corrected chi connectivity index (χ4v) is 7.61. The minimum atomic E-state index is -0.356. The number of allylic oxidation sites excluding steroid dienone is 1. The second-order valence-corrected chi connectivity index (χ2v) is 12.5. The molecule has 9 heteroatoms. The minimum Gasteiger partial charge on any atom is -0.504 e. The number of methoxy groups -OCH3 is 2. The number of likely N-dealkylation sites (tertiary alicyclic amines) is 1. The van der Waals surface area contributed by atoms with Crippen molar-refractivity contribution in [2.45, 2.75) is 45.3 Å². The van der Waals surface area contributed by atoms with E-state index >= 15 is 0 Å². The monoisotopic (exact) mass is 663 g/mol. The zero-order chi connectivity index (χ0) is 27.7. The Kier molecular flexibility index (Phi) is 8.80. The van der Waals surface area contributed by atoms with Crippen molar-refractivity contribution in [1.82, 2.24) is 4.90 Å². The third kappa shape index (κ3) is 5.55. The van der Waals surface area contributed by atoms with Crippen LogP contribution in [0.2, 0.25) is 0 Å². The van der Waals surface area contributed by atoms with Crippen LogP contribution in [0.1, 0.15) is 43.0 Å². The van der Waals surface area contributed by atoms with Gasteiger partial charge in [0, 0.05) is 17.9 Å². The summed E-state index contributed by atoms with van der Waals surface area (Å²) in [7, 11) is 3.23. The maximum absolute atomic E-state index is 13.6. The molecule has 5 rings (SSSR count). The summed E-state index contributed by atoms with van der Waals surface area (Å²) in [5, 5.41) is 12.2. The molecule has 0 unspecified atom stereocenters. The number of ether oxygens (including phenoxy) is 3. The van der Waals surface area contributed by atoms with E-state index in [-0.39, 0.29) is 41.4 Å². The molecule has 4 atom stereocenters. The fourth-order valence-electron chi connectivity index (χ4n) is 6.30. The number of benzene rings is 1. The van der Waals surface area contributed by atoms with Gasteiger partial charge in [-0.1, -0.05) is 24.6 Å². The van der Waals surface area contributed by atoms with Gasteiger partial charge in [-0.3, -0.25) is 14.5 Å². The van der Waals surface area contributed by atoms with E-state index < -0.39 is 0 Å². The van der Waals surface area contributed by atoms with E-state index in [2.05, 4.69) is 35.6 Å². The zero-order valence-corrected chi connectivity index (χ0v) is 25.4. The van der Waals surface area contributed by atoms with E-state index in [1.54, 1.807) is 25.6 Å². The van der Waals surface area contributed by atoms with Crippen LogP contribution in [0.15, 0.2) is 46.4 Å². The summed E-state index contributed by atoms with van der Waals surface area (Å²) in [6.07, 6.45) is 5.12. The molecule has 1 aromatic carbocycles. The lowest BCUT2D eigenvalue weighted by Crippen LogP contribution is -2.35. The van der Waals surface area contributed by atoms with E-state index in [9.17, 15) is 14.7 Å². The molecular weight excluding hydrogens is 629 g/mol.